The van der Waals surface area contributed by atoms with E-state index in [1.54, 1.807) is 11.3 Å². The van der Waals surface area contributed by atoms with Crippen molar-refractivity contribution in [2.75, 3.05) is 11.5 Å². The molecule has 4 N–H and O–H groups in total. The quantitative estimate of drug-likeness (QED) is 0.723. The minimum absolute atomic E-state index is 0.230. The number of thiophene rings is 1. The normalized spacial score (nSPS) is 18.4. The largest absolute Gasteiger partial charge is 0.383 e. The summed E-state index contributed by atoms with van der Waals surface area (Å²) in [5.74, 6) is 1.10. The SMILES string of the molecule is Nc1nc(N)c2c(CC3CC=CC4=C3CC=c3ccccc3=N4)csc2n1. The van der Waals surface area contributed by atoms with Gasteiger partial charge in [-0.2, -0.15) is 4.98 Å². The average Bonchev–Trinajstić information content (AvgIpc) is 2.94. The van der Waals surface area contributed by atoms with E-state index in [2.05, 4.69) is 51.8 Å². The zero-order valence-electron chi connectivity index (χ0n) is 14.7. The van der Waals surface area contributed by atoms with Gasteiger partial charge in [-0.25, -0.2) is 9.98 Å². The van der Waals surface area contributed by atoms with Crippen LogP contribution in [0.5, 0.6) is 0 Å². The molecular formula is C21H19N5S. The maximum atomic E-state index is 6.15. The third-order valence-electron chi connectivity index (χ3n) is 5.26. The van der Waals surface area contributed by atoms with Crippen LogP contribution < -0.4 is 22.0 Å². The van der Waals surface area contributed by atoms with Gasteiger partial charge in [0.25, 0.3) is 0 Å². The highest BCUT2D eigenvalue weighted by molar-refractivity contribution is 7.17. The molecule has 1 atom stereocenters. The molecule has 3 heterocycles. The van der Waals surface area contributed by atoms with E-state index in [1.807, 2.05) is 6.07 Å². The molecule has 1 unspecified atom stereocenters. The Morgan fingerprint density at radius 2 is 2.04 bits per heavy atom. The smallest absolute Gasteiger partial charge is 0.223 e. The number of nitrogens with two attached hydrogens (primary N) is 2. The molecule has 0 saturated carbocycles. The summed E-state index contributed by atoms with van der Waals surface area (Å²) in [6, 6.07) is 8.31. The Hall–Kier alpha value is -2.99. The molecule has 0 radical (unpaired) electrons. The van der Waals surface area contributed by atoms with E-state index in [4.69, 9.17) is 16.5 Å². The van der Waals surface area contributed by atoms with Gasteiger partial charge in [-0.15, -0.1) is 11.3 Å². The van der Waals surface area contributed by atoms with Crippen molar-refractivity contribution in [3.63, 3.8) is 0 Å². The van der Waals surface area contributed by atoms with Crippen LogP contribution in [0.2, 0.25) is 0 Å². The lowest BCUT2D eigenvalue weighted by Crippen LogP contribution is -2.23. The van der Waals surface area contributed by atoms with Crippen LogP contribution in [0.1, 0.15) is 18.4 Å². The fraction of sp³-hybridized carbons (Fsp3) is 0.190. The highest BCUT2D eigenvalue weighted by atomic mass is 32.1. The molecule has 0 fully saturated rings. The van der Waals surface area contributed by atoms with E-state index in [0.29, 0.717) is 11.7 Å². The van der Waals surface area contributed by atoms with Gasteiger partial charge in [-0.1, -0.05) is 30.4 Å². The van der Waals surface area contributed by atoms with E-state index in [-0.39, 0.29) is 5.95 Å². The monoisotopic (exact) mass is 373 g/mol. The first-order valence-corrected chi connectivity index (χ1v) is 9.89. The molecule has 1 aliphatic heterocycles. The maximum Gasteiger partial charge on any atom is 0.223 e. The Bertz CT molecular complexity index is 1240. The minimum Gasteiger partial charge on any atom is -0.383 e. The lowest BCUT2D eigenvalue weighted by atomic mass is 9.83. The highest BCUT2D eigenvalue weighted by Crippen LogP contribution is 2.36. The van der Waals surface area contributed by atoms with Crippen LogP contribution in [0.15, 0.2) is 58.1 Å². The van der Waals surface area contributed by atoms with Crippen molar-refractivity contribution in [2.45, 2.75) is 19.3 Å². The molecule has 27 heavy (non-hydrogen) atoms. The third kappa shape index (κ3) is 2.82. The molecule has 0 spiro atoms. The molecule has 6 heteroatoms. The number of nitrogen functional groups attached to an aromatic ring is 2. The number of nitrogens with zero attached hydrogens (tertiary/aromatic N) is 3. The minimum atomic E-state index is 0.230. The van der Waals surface area contributed by atoms with Crippen LogP contribution in [0.4, 0.5) is 11.8 Å². The van der Waals surface area contributed by atoms with Crippen molar-refractivity contribution in [2.24, 2.45) is 10.9 Å². The number of rotatable bonds is 2. The molecule has 3 aromatic rings. The first-order valence-electron chi connectivity index (χ1n) is 9.01. The summed E-state index contributed by atoms with van der Waals surface area (Å²) in [5, 5.41) is 5.33. The van der Waals surface area contributed by atoms with Gasteiger partial charge in [0.05, 0.1) is 16.4 Å². The van der Waals surface area contributed by atoms with Crippen molar-refractivity contribution < 1.29 is 0 Å². The lowest BCUT2D eigenvalue weighted by Gasteiger charge is -2.22. The number of aromatic nitrogens is 2. The van der Waals surface area contributed by atoms with Gasteiger partial charge in [-0.05, 0) is 59.1 Å². The van der Waals surface area contributed by atoms with Gasteiger partial charge in [0, 0.05) is 0 Å². The Morgan fingerprint density at radius 1 is 1.15 bits per heavy atom. The number of hydrogen-bond acceptors (Lipinski definition) is 6. The van der Waals surface area contributed by atoms with Gasteiger partial charge in [-0.3, -0.25) is 0 Å². The van der Waals surface area contributed by atoms with E-state index >= 15 is 0 Å². The van der Waals surface area contributed by atoms with Crippen LogP contribution in [-0.4, -0.2) is 9.97 Å². The molecule has 5 rings (SSSR count). The van der Waals surface area contributed by atoms with Gasteiger partial charge in [0.2, 0.25) is 5.95 Å². The second-order valence-electron chi connectivity index (χ2n) is 6.94. The maximum absolute atomic E-state index is 6.15. The zero-order chi connectivity index (χ0) is 18.4. The Morgan fingerprint density at radius 3 is 2.96 bits per heavy atom. The Labute approximate surface area is 160 Å². The fourth-order valence-electron chi connectivity index (χ4n) is 3.96. The first-order chi connectivity index (χ1) is 13.2. The van der Waals surface area contributed by atoms with E-state index in [1.165, 1.54) is 16.4 Å². The summed E-state index contributed by atoms with van der Waals surface area (Å²) >= 11 is 1.58. The van der Waals surface area contributed by atoms with Gasteiger partial charge in [0.15, 0.2) is 0 Å². The average molecular weight is 373 g/mol. The zero-order valence-corrected chi connectivity index (χ0v) is 15.5. The number of hydrogen-bond donors (Lipinski definition) is 2. The number of benzene rings is 1. The summed E-state index contributed by atoms with van der Waals surface area (Å²) in [5.41, 5.74) is 15.6. The number of fused-ring (bicyclic) bond motifs is 2. The van der Waals surface area contributed by atoms with Crippen molar-refractivity contribution >= 4 is 39.4 Å². The lowest BCUT2D eigenvalue weighted by molar-refractivity contribution is 0.599. The van der Waals surface area contributed by atoms with E-state index in [9.17, 15) is 0 Å². The van der Waals surface area contributed by atoms with Crippen LogP contribution in [-0.2, 0) is 6.42 Å². The van der Waals surface area contributed by atoms with Crippen molar-refractivity contribution in [3.05, 3.63) is 69.2 Å². The second kappa shape index (κ2) is 6.32. The standard InChI is InChI=1S/C21H19N5S/c22-19-18-14(11-27-20(18)26-21(23)25-19)10-13-5-3-7-17-15(13)9-8-12-4-1-2-6-16(12)24-17/h1-4,6-8,11,13H,5,9-10H2,(H4,22,23,25,26). The second-order valence-corrected chi connectivity index (χ2v) is 7.79. The summed E-state index contributed by atoms with van der Waals surface area (Å²) in [6.45, 7) is 0. The molecule has 0 bridgehead atoms. The number of para-hydroxylation sites is 1. The van der Waals surface area contributed by atoms with Crippen LogP contribution in [0, 0.1) is 5.92 Å². The van der Waals surface area contributed by atoms with Gasteiger partial charge >= 0.3 is 0 Å². The predicted octanol–water partition coefficient (Wildman–Crippen LogP) is 2.73. The molecule has 0 amide bonds. The Balaban J connectivity index is 1.55. The topological polar surface area (TPSA) is 90.2 Å². The molecule has 0 saturated heterocycles. The van der Waals surface area contributed by atoms with Crippen molar-refractivity contribution in [1.82, 2.24) is 9.97 Å². The molecular weight excluding hydrogens is 354 g/mol. The first kappa shape index (κ1) is 16.2. The van der Waals surface area contributed by atoms with Crippen LogP contribution in [0.3, 0.4) is 0 Å². The summed E-state index contributed by atoms with van der Waals surface area (Å²) in [7, 11) is 0. The number of allylic oxidation sites excluding steroid dienone is 3. The van der Waals surface area contributed by atoms with E-state index in [0.717, 1.165) is 40.5 Å². The van der Waals surface area contributed by atoms with Crippen molar-refractivity contribution in [1.29, 1.82) is 0 Å². The third-order valence-corrected chi connectivity index (χ3v) is 6.18. The van der Waals surface area contributed by atoms with Crippen LogP contribution in [0.25, 0.3) is 16.3 Å². The molecule has 2 aliphatic rings. The van der Waals surface area contributed by atoms with Crippen molar-refractivity contribution in [3.8, 4) is 0 Å². The molecule has 1 aliphatic carbocycles. The molecule has 5 nitrogen and oxygen atoms in total. The highest BCUT2D eigenvalue weighted by Gasteiger charge is 2.23. The Kier molecular flexibility index (Phi) is 3.79. The summed E-state index contributed by atoms with van der Waals surface area (Å²) < 4.78 is 0. The summed E-state index contributed by atoms with van der Waals surface area (Å²) in [4.78, 5) is 14.3. The fourth-order valence-corrected chi connectivity index (χ4v) is 4.93. The molecule has 134 valence electrons. The summed E-state index contributed by atoms with van der Waals surface area (Å²) in [6.07, 6.45) is 9.51. The molecule has 1 aromatic carbocycles. The van der Waals surface area contributed by atoms with Gasteiger partial charge < -0.3 is 11.5 Å². The predicted molar refractivity (Wildman–Crippen MR) is 111 cm³/mol. The van der Waals surface area contributed by atoms with Crippen LogP contribution >= 0.6 is 11.3 Å². The number of anilines is 2. The van der Waals surface area contributed by atoms with Gasteiger partial charge in [0.1, 0.15) is 10.6 Å². The van der Waals surface area contributed by atoms with E-state index < -0.39 is 0 Å². The molecule has 2 aromatic heterocycles.